The van der Waals surface area contributed by atoms with Crippen LogP contribution in [0, 0.1) is 18.8 Å². The predicted octanol–water partition coefficient (Wildman–Crippen LogP) is 4.59. The molecule has 0 saturated carbocycles. The highest BCUT2D eigenvalue weighted by atomic mass is 35.5. The van der Waals surface area contributed by atoms with Crippen LogP contribution in [0.2, 0.25) is 5.02 Å². The van der Waals surface area contributed by atoms with Crippen LogP contribution in [0.15, 0.2) is 78.9 Å². The molecule has 8 nitrogen and oxygen atoms in total. The van der Waals surface area contributed by atoms with E-state index in [1.54, 1.807) is 24.3 Å². The lowest BCUT2D eigenvalue weighted by Gasteiger charge is -2.37. The third-order valence-corrected chi connectivity index (χ3v) is 9.49. The van der Waals surface area contributed by atoms with Crippen molar-refractivity contribution in [3.8, 4) is 0 Å². The molecular formula is C33H34ClN3O5. The molecule has 2 bridgehead atoms. The van der Waals surface area contributed by atoms with Crippen LogP contribution in [-0.4, -0.2) is 57.6 Å². The van der Waals surface area contributed by atoms with E-state index in [-0.39, 0.29) is 18.4 Å². The third-order valence-electron chi connectivity index (χ3n) is 9.18. The summed E-state index contributed by atoms with van der Waals surface area (Å²) in [5.74, 6) is -2.86. The lowest BCUT2D eigenvalue weighted by molar-refractivity contribution is -0.146. The first-order valence-corrected chi connectivity index (χ1v) is 14.7. The summed E-state index contributed by atoms with van der Waals surface area (Å²) in [6.07, 6.45) is 1.27. The van der Waals surface area contributed by atoms with Crippen molar-refractivity contribution in [2.75, 3.05) is 17.2 Å². The van der Waals surface area contributed by atoms with Crippen LogP contribution in [0.1, 0.15) is 30.9 Å². The van der Waals surface area contributed by atoms with Gasteiger partial charge in [-0.05, 0) is 62.4 Å². The van der Waals surface area contributed by atoms with Crippen molar-refractivity contribution in [2.24, 2.45) is 11.8 Å². The van der Waals surface area contributed by atoms with Crippen molar-refractivity contribution >= 4 is 40.7 Å². The zero-order valence-electron chi connectivity index (χ0n) is 23.5. The van der Waals surface area contributed by atoms with Gasteiger partial charge in [0.2, 0.25) is 17.7 Å². The summed E-state index contributed by atoms with van der Waals surface area (Å²) in [5, 5.41) is 16.9. The van der Waals surface area contributed by atoms with Gasteiger partial charge in [-0.2, -0.15) is 0 Å². The van der Waals surface area contributed by atoms with Crippen LogP contribution < -0.4 is 10.6 Å². The zero-order valence-corrected chi connectivity index (χ0v) is 24.3. The van der Waals surface area contributed by atoms with Gasteiger partial charge in [0.1, 0.15) is 11.6 Å². The van der Waals surface area contributed by atoms with E-state index < -0.39 is 41.0 Å². The number of anilines is 2. The monoisotopic (exact) mass is 587 g/mol. The van der Waals surface area contributed by atoms with Crippen LogP contribution in [0.5, 0.6) is 0 Å². The number of nitrogens with one attached hydrogen (secondary N) is 2. The van der Waals surface area contributed by atoms with Gasteiger partial charge in [0.25, 0.3) is 0 Å². The van der Waals surface area contributed by atoms with E-state index in [0.717, 1.165) is 11.1 Å². The molecule has 42 heavy (non-hydrogen) atoms. The van der Waals surface area contributed by atoms with Crippen LogP contribution in [0.3, 0.4) is 0 Å². The number of aliphatic hydroxyl groups is 1. The van der Waals surface area contributed by atoms with E-state index in [1.807, 2.05) is 68.4 Å². The molecule has 3 aliphatic rings. The van der Waals surface area contributed by atoms with Crippen molar-refractivity contribution in [3.05, 3.63) is 95.0 Å². The molecule has 3 fully saturated rings. The lowest BCUT2D eigenvalue weighted by atomic mass is 9.66. The highest BCUT2D eigenvalue weighted by Crippen LogP contribution is 2.63. The number of likely N-dealkylation sites (tertiary alicyclic amines) is 1. The summed E-state index contributed by atoms with van der Waals surface area (Å²) in [6.45, 7) is 3.33. The number of aryl methyl sites for hydroxylation is 1. The zero-order chi connectivity index (χ0) is 29.6. The van der Waals surface area contributed by atoms with Gasteiger partial charge in [-0.3, -0.25) is 14.4 Å². The van der Waals surface area contributed by atoms with Gasteiger partial charge in [-0.25, -0.2) is 0 Å². The first-order chi connectivity index (χ1) is 20.2. The number of ether oxygens (including phenoxy) is 1. The molecule has 3 aromatic rings. The molecule has 3 N–H and O–H groups in total. The standard InChI is InChI=1S/C33H34ClN3O5/c1-20-10-9-15-24(34)27(20)36-30(40)28-33-17-16-32(2,42-33)25(29(39)35-22-13-7-4-8-14-22)26(33)31(41)37(28)23(19-38)18-21-11-5-3-6-12-21/h3-15,23,25-26,28,38H,16-19H2,1-2H3,(H,35,39)(H,36,40)/t23-,25+,26+,28?,32-,33?/m1/s1. The smallest absolute Gasteiger partial charge is 0.250 e. The summed E-state index contributed by atoms with van der Waals surface area (Å²) in [7, 11) is 0. The van der Waals surface area contributed by atoms with Crippen molar-refractivity contribution in [1.29, 1.82) is 0 Å². The van der Waals surface area contributed by atoms with Crippen LogP contribution in [0.25, 0.3) is 0 Å². The molecule has 6 atom stereocenters. The van der Waals surface area contributed by atoms with Crippen LogP contribution >= 0.6 is 11.6 Å². The number of amides is 3. The second kappa shape index (κ2) is 10.8. The average molecular weight is 588 g/mol. The third kappa shape index (κ3) is 4.58. The number of carbonyl (C=O) groups is 3. The second-order valence-corrected chi connectivity index (χ2v) is 12.2. The van der Waals surface area contributed by atoms with Gasteiger partial charge in [0.15, 0.2) is 0 Å². The molecule has 3 amide bonds. The predicted molar refractivity (Wildman–Crippen MR) is 160 cm³/mol. The van der Waals surface area contributed by atoms with Crippen molar-refractivity contribution in [2.45, 2.75) is 56.4 Å². The van der Waals surface area contributed by atoms with Crippen molar-refractivity contribution in [3.63, 3.8) is 0 Å². The number of hydrogen-bond acceptors (Lipinski definition) is 5. The fraction of sp³-hybridized carbons (Fsp3) is 0.364. The topological polar surface area (TPSA) is 108 Å². The molecule has 1 spiro atoms. The first-order valence-electron chi connectivity index (χ1n) is 14.3. The molecule has 0 aromatic heterocycles. The summed E-state index contributed by atoms with van der Waals surface area (Å²) in [6, 6.07) is 22.1. The Hall–Kier alpha value is -3.72. The number of hydrogen-bond donors (Lipinski definition) is 3. The van der Waals surface area contributed by atoms with E-state index in [2.05, 4.69) is 10.6 Å². The Labute approximate surface area is 250 Å². The Bertz CT molecular complexity index is 1500. The van der Waals surface area contributed by atoms with E-state index in [1.165, 1.54) is 4.90 Å². The highest BCUT2D eigenvalue weighted by Gasteiger charge is 2.78. The fourth-order valence-corrected chi connectivity index (χ4v) is 7.59. The Morgan fingerprint density at radius 1 is 1.00 bits per heavy atom. The lowest BCUT2D eigenvalue weighted by Crippen LogP contribution is -2.57. The number of fused-ring (bicyclic) bond motifs is 1. The first kappa shape index (κ1) is 28.4. The minimum Gasteiger partial charge on any atom is -0.394 e. The van der Waals surface area contributed by atoms with Gasteiger partial charge in [0, 0.05) is 5.69 Å². The summed E-state index contributed by atoms with van der Waals surface area (Å²) < 4.78 is 6.72. The van der Waals surface area contributed by atoms with Crippen molar-refractivity contribution < 1.29 is 24.2 Å². The van der Waals surface area contributed by atoms with Crippen LogP contribution in [0.4, 0.5) is 11.4 Å². The second-order valence-electron chi connectivity index (χ2n) is 11.8. The SMILES string of the molecule is Cc1cccc(Cl)c1NC(=O)C1N([C@@H](CO)Cc2ccccc2)C(=O)[C@@H]2[C@@H](C(=O)Nc3ccccc3)[C@@]3(C)CCC12O3. The number of nitrogens with zero attached hydrogens (tertiary/aromatic N) is 1. The maximum Gasteiger partial charge on any atom is 0.250 e. The summed E-state index contributed by atoms with van der Waals surface area (Å²) in [5.41, 5.74) is 0.581. The molecule has 3 saturated heterocycles. The molecule has 3 aliphatic heterocycles. The van der Waals surface area contributed by atoms with Crippen molar-refractivity contribution in [1.82, 2.24) is 4.90 Å². The Kier molecular flexibility index (Phi) is 7.33. The van der Waals surface area contributed by atoms with Gasteiger partial charge in [-0.15, -0.1) is 0 Å². The molecule has 218 valence electrons. The number of halogens is 1. The quantitative estimate of drug-likeness (QED) is 0.357. The number of rotatable bonds is 8. The van der Waals surface area contributed by atoms with Crippen LogP contribution in [-0.2, 0) is 25.5 Å². The van der Waals surface area contributed by atoms with Gasteiger partial charge in [0.05, 0.1) is 40.8 Å². The minimum atomic E-state index is -1.24. The highest BCUT2D eigenvalue weighted by molar-refractivity contribution is 6.34. The maximum absolute atomic E-state index is 14.5. The molecule has 2 unspecified atom stereocenters. The number of benzene rings is 3. The molecule has 0 radical (unpaired) electrons. The number of aliphatic hydroxyl groups excluding tert-OH is 1. The Morgan fingerprint density at radius 2 is 1.69 bits per heavy atom. The fourth-order valence-electron chi connectivity index (χ4n) is 7.32. The van der Waals surface area contributed by atoms with E-state index >= 15 is 0 Å². The summed E-state index contributed by atoms with van der Waals surface area (Å²) >= 11 is 6.48. The molecule has 6 rings (SSSR count). The van der Waals surface area contributed by atoms with E-state index in [9.17, 15) is 19.5 Å². The molecular weight excluding hydrogens is 554 g/mol. The largest absolute Gasteiger partial charge is 0.394 e. The summed E-state index contributed by atoms with van der Waals surface area (Å²) in [4.78, 5) is 44.2. The van der Waals surface area contributed by atoms with Gasteiger partial charge in [-0.1, -0.05) is 72.3 Å². The number of para-hydroxylation sites is 2. The van der Waals surface area contributed by atoms with Gasteiger partial charge < -0.3 is 25.4 Å². The number of carbonyl (C=O) groups excluding carboxylic acids is 3. The van der Waals surface area contributed by atoms with E-state index in [0.29, 0.717) is 35.7 Å². The molecule has 3 heterocycles. The normalized spacial score (nSPS) is 28.4. The minimum absolute atomic E-state index is 0.324. The van der Waals surface area contributed by atoms with E-state index in [4.69, 9.17) is 16.3 Å². The Morgan fingerprint density at radius 3 is 2.36 bits per heavy atom. The Balaban J connectivity index is 1.41. The average Bonchev–Trinajstić information content (AvgIpc) is 3.55. The molecule has 9 heteroatoms. The molecule has 3 aromatic carbocycles. The van der Waals surface area contributed by atoms with Gasteiger partial charge >= 0.3 is 0 Å². The molecule has 0 aliphatic carbocycles. The maximum atomic E-state index is 14.5.